The molecule has 2 heterocycles. The number of nitrogens with zero attached hydrogens (tertiary/aromatic N) is 1. The SMILES string of the molecule is B/C(c1nc[nH]c1C(C)(C)C)=c1/[nH]c(=O)/c(=C/c2c(B)c(B)c(F)c(B)c2B)[nH]c1=O. The lowest BCUT2D eigenvalue weighted by atomic mass is 9.67. The number of aromatic amines is 3. The predicted molar refractivity (Wildman–Crippen MR) is 138 cm³/mol. The maximum atomic E-state index is 14.4. The number of halogens is 1. The number of H-pyrrole nitrogens is 3. The highest BCUT2D eigenvalue weighted by molar-refractivity contribution is 6.57. The molecule has 3 rings (SSSR count). The van der Waals surface area contributed by atoms with Gasteiger partial charge in [0.2, 0.25) is 0 Å². The van der Waals surface area contributed by atoms with Gasteiger partial charge in [-0.25, -0.2) is 9.37 Å². The number of hydrogen-bond donors (Lipinski definition) is 3. The van der Waals surface area contributed by atoms with Crippen LogP contribution in [0.5, 0.6) is 0 Å². The molecule has 0 saturated carbocycles. The van der Waals surface area contributed by atoms with Crippen LogP contribution < -0.4 is 43.7 Å². The monoisotopic (exact) mass is 414 g/mol. The van der Waals surface area contributed by atoms with E-state index in [0.29, 0.717) is 22.1 Å². The topological polar surface area (TPSA) is 94.4 Å². The molecular formula is C19H24B5FN4O2. The smallest absolute Gasteiger partial charge is 0.272 e. The van der Waals surface area contributed by atoms with Crippen molar-refractivity contribution >= 4 is 72.6 Å². The summed E-state index contributed by atoms with van der Waals surface area (Å²) in [5.41, 5.74) is 4.30. The molecule has 0 bridgehead atoms. The van der Waals surface area contributed by atoms with Crippen LogP contribution in [0.15, 0.2) is 15.9 Å². The molecule has 12 heteroatoms. The van der Waals surface area contributed by atoms with Gasteiger partial charge in [0.15, 0.2) is 0 Å². The minimum absolute atomic E-state index is 0.122. The van der Waals surface area contributed by atoms with Gasteiger partial charge in [-0.15, -0.1) is 0 Å². The first kappa shape index (κ1) is 22.8. The molecule has 0 amide bonds. The third-order valence-corrected chi connectivity index (χ3v) is 5.96. The lowest BCUT2D eigenvalue weighted by molar-refractivity contribution is 0.571. The maximum Gasteiger partial charge on any atom is 0.272 e. The molecule has 0 unspecified atom stereocenters. The van der Waals surface area contributed by atoms with E-state index in [9.17, 15) is 14.0 Å². The van der Waals surface area contributed by atoms with Crippen LogP contribution in [-0.2, 0) is 5.41 Å². The first-order valence-corrected chi connectivity index (χ1v) is 10.2. The van der Waals surface area contributed by atoms with Gasteiger partial charge in [-0.05, 0) is 17.1 Å². The molecule has 0 aliphatic heterocycles. The van der Waals surface area contributed by atoms with Crippen LogP contribution in [0, 0.1) is 5.82 Å². The zero-order valence-corrected chi connectivity index (χ0v) is 19.3. The molecule has 1 aromatic carbocycles. The second-order valence-corrected chi connectivity index (χ2v) is 9.07. The zero-order chi connectivity index (χ0) is 23.2. The molecule has 154 valence electrons. The Bertz CT molecular complexity index is 1400. The molecular weight excluding hydrogens is 389 g/mol. The number of imidazole rings is 1. The second-order valence-electron chi connectivity index (χ2n) is 9.07. The summed E-state index contributed by atoms with van der Waals surface area (Å²) in [4.78, 5) is 38.6. The number of aromatic nitrogens is 4. The van der Waals surface area contributed by atoms with Gasteiger partial charge in [0.1, 0.15) is 55.7 Å². The Morgan fingerprint density at radius 2 is 1.58 bits per heavy atom. The fraction of sp³-hybridized carbons (Fsp3) is 0.211. The lowest BCUT2D eigenvalue weighted by Gasteiger charge is -2.18. The van der Waals surface area contributed by atoms with Crippen molar-refractivity contribution in [2.24, 2.45) is 0 Å². The van der Waals surface area contributed by atoms with Crippen molar-refractivity contribution in [2.75, 3.05) is 0 Å². The Morgan fingerprint density at radius 3 is 2.13 bits per heavy atom. The van der Waals surface area contributed by atoms with Crippen molar-refractivity contribution in [3.05, 3.63) is 60.5 Å². The molecule has 0 radical (unpaired) electrons. The zero-order valence-electron chi connectivity index (χ0n) is 19.3. The average molecular weight is 413 g/mol. The van der Waals surface area contributed by atoms with Crippen molar-refractivity contribution in [1.29, 1.82) is 0 Å². The fourth-order valence-electron chi connectivity index (χ4n) is 3.77. The first-order chi connectivity index (χ1) is 14.3. The van der Waals surface area contributed by atoms with Crippen molar-refractivity contribution in [3.8, 4) is 0 Å². The Kier molecular flexibility index (Phi) is 5.87. The molecule has 6 nitrogen and oxygen atoms in total. The molecule has 3 aromatic rings. The molecule has 31 heavy (non-hydrogen) atoms. The molecule has 0 saturated heterocycles. The van der Waals surface area contributed by atoms with Crippen LogP contribution in [0.4, 0.5) is 4.39 Å². The molecule has 0 aliphatic carbocycles. The Hall–Kier alpha value is -2.90. The van der Waals surface area contributed by atoms with Crippen LogP contribution in [0.25, 0.3) is 11.5 Å². The van der Waals surface area contributed by atoms with Crippen LogP contribution in [0.3, 0.4) is 0 Å². The van der Waals surface area contributed by atoms with Crippen molar-refractivity contribution < 1.29 is 4.39 Å². The minimum atomic E-state index is -0.430. The van der Waals surface area contributed by atoms with Gasteiger partial charge in [-0.2, -0.15) is 0 Å². The number of nitrogens with one attached hydrogen (secondary N) is 3. The third kappa shape index (κ3) is 4.03. The lowest BCUT2D eigenvalue weighted by Crippen LogP contribution is -2.50. The highest BCUT2D eigenvalue weighted by Crippen LogP contribution is 2.24. The van der Waals surface area contributed by atoms with E-state index in [2.05, 4.69) is 19.9 Å². The summed E-state index contributed by atoms with van der Waals surface area (Å²) in [6.07, 6.45) is 3.19. The van der Waals surface area contributed by atoms with Gasteiger partial charge in [-0.1, -0.05) is 42.6 Å². The Balaban J connectivity index is 2.30. The van der Waals surface area contributed by atoms with E-state index in [1.165, 1.54) is 0 Å². The van der Waals surface area contributed by atoms with Crippen molar-refractivity contribution in [2.45, 2.75) is 26.2 Å². The summed E-state index contributed by atoms with van der Waals surface area (Å²) < 4.78 is 14.4. The first-order valence-electron chi connectivity index (χ1n) is 10.2. The Labute approximate surface area is 183 Å². The van der Waals surface area contributed by atoms with E-state index in [0.717, 1.165) is 22.2 Å². The fourth-order valence-corrected chi connectivity index (χ4v) is 3.77. The summed E-state index contributed by atoms with van der Waals surface area (Å²) in [5.74, 6) is -0.246. The quantitative estimate of drug-likeness (QED) is 0.365. The average Bonchev–Trinajstić information content (AvgIpc) is 3.20. The molecule has 0 spiro atoms. The van der Waals surface area contributed by atoms with Gasteiger partial charge >= 0.3 is 0 Å². The number of hydrogen-bond acceptors (Lipinski definition) is 3. The molecule has 2 aromatic heterocycles. The molecule has 0 aliphatic rings. The van der Waals surface area contributed by atoms with Crippen LogP contribution >= 0.6 is 0 Å². The third-order valence-electron chi connectivity index (χ3n) is 5.96. The number of rotatable bonds is 2. The summed E-state index contributed by atoms with van der Waals surface area (Å²) in [6, 6.07) is 0. The normalized spacial score (nSPS) is 13.5. The van der Waals surface area contributed by atoms with Gasteiger partial charge in [0.25, 0.3) is 11.1 Å². The summed E-state index contributed by atoms with van der Waals surface area (Å²) in [6.45, 7) is 6.12. The maximum absolute atomic E-state index is 14.4. The van der Waals surface area contributed by atoms with E-state index in [4.69, 9.17) is 0 Å². The van der Waals surface area contributed by atoms with E-state index in [-0.39, 0.29) is 21.9 Å². The standard InChI is InChI=1S/C19H24B5FN4O2/c1-19(2,3)16-14(26-5-27-16)12(24)15-18(31)28-7(17(30)29-15)4-6-8(20)10(22)13(25)11(23)9(6)21/h4-5H,20-24H2,1-3H3,(H,26,27)(H,28,31)(H,29,30)/b7-4-,15-12+. The molecule has 0 atom stereocenters. The van der Waals surface area contributed by atoms with E-state index < -0.39 is 11.1 Å². The minimum Gasteiger partial charge on any atom is -0.348 e. The molecule has 3 N–H and O–H groups in total. The van der Waals surface area contributed by atoms with Gasteiger partial charge in [0, 0.05) is 11.1 Å². The summed E-state index contributed by atoms with van der Waals surface area (Å²) >= 11 is 0. The van der Waals surface area contributed by atoms with Crippen LogP contribution in [0.2, 0.25) is 0 Å². The summed E-state index contributed by atoms with van der Waals surface area (Å²) in [7, 11) is 8.79. The summed E-state index contributed by atoms with van der Waals surface area (Å²) in [5, 5.41) is 0.288. The highest BCUT2D eigenvalue weighted by atomic mass is 19.1. The van der Waals surface area contributed by atoms with Crippen molar-refractivity contribution in [1.82, 2.24) is 19.9 Å². The number of benzene rings is 1. The van der Waals surface area contributed by atoms with Crippen LogP contribution in [-0.4, -0.2) is 59.2 Å². The van der Waals surface area contributed by atoms with E-state index in [1.807, 2.05) is 20.8 Å². The Morgan fingerprint density at radius 1 is 1.00 bits per heavy atom. The largest absolute Gasteiger partial charge is 0.348 e. The van der Waals surface area contributed by atoms with E-state index >= 15 is 0 Å². The predicted octanol–water partition coefficient (Wildman–Crippen LogP) is -7.13. The van der Waals surface area contributed by atoms with Crippen LogP contribution in [0.1, 0.15) is 37.7 Å². The van der Waals surface area contributed by atoms with Gasteiger partial charge in [0.05, 0.1) is 12.0 Å². The van der Waals surface area contributed by atoms with Gasteiger partial charge in [-0.3, -0.25) is 9.59 Å². The van der Waals surface area contributed by atoms with Gasteiger partial charge < -0.3 is 15.0 Å². The highest BCUT2D eigenvalue weighted by Gasteiger charge is 2.21. The van der Waals surface area contributed by atoms with Crippen molar-refractivity contribution in [3.63, 3.8) is 0 Å². The molecule has 0 fully saturated rings. The van der Waals surface area contributed by atoms with E-state index in [1.54, 1.807) is 51.6 Å². The second kappa shape index (κ2) is 7.98.